The summed E-state index contributed by atoms with van der Waals surface area (Å²) in [6.45, 7) is 4.98. The van der Waals surface area contributed by atoms with E-state index in [4.69, 9.17) is 5.73 Å². The Morgan fingerprint density at radius 3 is 2.63 bits per heavy atom. The Bertz CT molecular complexity index is 569. The van der Waals surface area contributed by atoms with E-state index < -0.39 is 0 Å². The molecule has 2 aromatic rings. The number of hydrogen-bond acceptors (Lipinski definition) is 3. The lowest BCUT2D eigenvalue weighted by Crippen LogP contribution is -2.21. The molecule has 0 saturated heterocycles. The molecule has 0 aliphatic rings. The van der Waals surface area contributed by atoms with Gasteiger partial charge in [0.2, 0.25) is 0 Å². The van der Waals surface area contributed by atoms with E-state index >= 15 is 0 Å². The molecule has 3 nitrogen and oxygen atoms in total. The average Bonchev–Trinajstić information content (AvgIpc) is 2.42. The quantitative estimate of drug-likeness (QED) is 0.917. The van der Waals surface area contributed by atoms with Crippen LogP contribution in [0.5, 0.6) is 0 Å². The molecule has 19 heavy (non-hydrogen) atoms. The number of aromatic nitrogens is 1. The molecule has 0 radical (unpaired) electrons. The Balaban J connectivity index is 2.55. The molecule has 0 bridgehead atoms. The maximum absolute atomic E-state index is 13.9. The maximum Gasteiger partial charge on any atom is 0.146 e. The molecule has 1 heterocycles. The number of nitrogens with zero attached hydrogens (tertiary/aromatic N) is 2. The first-order valence-corrected chi connectivity index (χ1v) is 6.35. The Morgan fingerprint density at radius 2 is 2.00 bits per heavy atom. The van der Waals surface area contributed by atoms with Crippen molar-refractivity contribution in [3.8, 4) is 0 Å². The summed E-state index contributed by atoms with van der Waals surface area (Å²) in [6.07, 6.45) is 1.73. The summed E-state index contributed by atoms with van der Waals surface area (Å²) in [6, 6.07) is 8.62. The highest BCUT2D eigenvalue weighted by Gasteiger charge is 2.16. The van der Waals surface area contributed by atoms with E-state index in [2.05, 4.69) is 4.98 Å². The highest BCUT2D eigenvalue weighted by molar-refractivity contribution is 5.64. The largest absolute Gasteiger partial charge is 0.326 e. The molecule has 4 heteroatoms. The van der Waals surface area contributed by atoms with Gasteiger partial charge >= 0.3 is 0 Å². The molecule has 0 atom stereocenters. The standard InChI is InChI=1S/C15H18FN3/c1-3-19(14-7-5-4-6-13(14)16)15-12(10-17)11(2)8-9-18-15/h4-9H,3,10,17H2,1-2H3. The zero-order valence-corrected chi connectivity index (χ0v) is 11.2. The van der Waals surface area contributed by atoms with Crippen molar-refractivity contribution in [2.45, 2.75) is 20.4 Å². The number of anilines is 2. The number of rotatable bonds is 4. The van der Waals surface area contributed by atoms with Crippen molar-refractivity contribution in [1.29, 1.82) is 0 Å². The lowest BCUT2D eigenvalue weighted by atomic mass is 10.1. The van der Waals surface area contributed by atoms with Crippen molar-refractivity contribution in [2.75, 3.05) is 11.4 Å². The van der Waals surface area contributed by atoms with Crippen LogP contribution in [0.2, 0.25) is 0 Å². The van der Waals surface area contributed by atoms with E-state index in [1.165, 1.54) is 6.07 Å². The molecule has 1 aromatic heterocycles. The predicted octanol–water partition coefficient (Wildman–Crippen LogP) is 3.15. The summed E-state index contributed by atoms with van der Waals surface area (Å²) in [4.78, 5) is 6.23. The number of hydrogen-bond donors (Lipinski definition) is 1. The third kappa shape index (κ3) is 2.58. The molecule has 0 aliphatic carbocycles. The van der Waals surface area contributed by atoms with Gasteiger partial charge in [-0.1, -0.05) is 12.1 Å². The van der Waals surface area contributed by atoms with Gasteiger partial charge in [-0.25, -0.2) is 9.37 Å². The normalized spacial score (nSPS) is 10.5. The Hall–Kier alpha value is -1.94. The van der Waals surface area contributed by atoms with Crippen molar-refractivity contribution in [3.63, 3.8) is 0 Å². The molecule has 0 aliphatic heterocycles. The third-order valence-electron chi connectivity index (χ3n) is 3.19. The number of halogens is 1. The Labute approximate surface area is 112 Å². The average molecular weight is 259 g/mol. The summed E-state index contributed by atoms with van der Waals surface area (Å²) in [7, 11) is 0. The SMILES string of the molecule is CCN(c1ccccc1F)c1nccc(C)c1CN. The van der Waals surface area contributed by atoms with Crippen LogP contribution < -0.4 is 10.6 Å². The minimum atomic E-state index is -0.254. The minimum Gasteiger partial charge on any atom is -0.326 e. The van der Waals surface area contributed by atoms with Gasteiger partial charge in [-0.15, -0.1) is 0 Å². The fraction of sp³-hybridized carbons (Fsp3) is 0.267. The lowest BCUT2D eigenvalue weighted by molar-refractivity contribution is 0.625. The molecule has 0 unspecified atom stereocenters. The van der Waals surface area contributed by atoms with Crippen LogP contribution in [0.15, 0.2) is 36.5 Å². The Morgan fingerprint density at radius 1 is 1.26 bits per heavy atom. The van der Waals surface area contributed by atoms with Crippen LogP contribution in [-0.2, 0) is 6.54 Å². The fourth-order valence-corrected chi connectivity index (χ4v) is 2.16. The molecule has 2 N–H and O–H groups in total. The summed E-state index contributed by atoms with van der Waals surface area (Å²) >= 11 is 0. The van der Waals surface area contributed by atoms with E-state index in [0.717, 1.165) is 16.9 Å². The molecular weight excluding hydrogens is 241 g/mol. The maximum atomic E-state index is 13.9. The first-order chi connectivity index (χ1) is 9.19. The molecule has 0 saturated carbocycles. The zero-order valence-electron chi connectivity index (χ0n) is 11.2. The number of aryl methyl sites for hydroxylation is 1. The van der Waals surface area contributed by atoms with Gasteiger partial charge in [0.1, 0.15) is 11.6 Å². The van der Waals surface area contributed by atoms with Crippen LogP contribution in [0, 0.1) is 12.7 Å². The van der Waals surface area contributed by atoms with Crippen LogP contribution in [0.4, 0.5) is 15.9 Å². The summed E-state index contributed by atoms with van der Waals surface area (Å²) in [5.41, 5.74) is 8.35. The van der Waals surface area contributed by atoms with Gasteiger partial charge in [-0.3, -0.25) is 0 Å². The second-order valence-electron chi connectivity index (χ2n) is 4.33. The second kappa shape index (κ2) is 5.80. The third-order valence-corrected chi connectivity index (χ3v) is 3.19. The van der Waals surface area contributed by atoms with Crippen molar-refractivity contribution in [1.82, 2.24) is 4.98 Å². The predicted molar refractivity (Wildman–Crippen MR) is 75.9 cm³/mol. The highest BCUT2D eigenvalue weighted by atomic mass is 19.1. The summed E-state index contributed by atoms with van der Waals surface area (Å²) in [5.74, 6) is 0.478. The van der Waals surface area contributed by atoms with Crippen molar-refractivity contribution in [3.05, 3.63) is 53.5 Å². The summed E-state index contributed by atoms with van der Waals surface area (Å²) < 4.78 is 13.9. The van der Waals surface area contributed by atoms with Crippen LogP contribution in [0.25, 0.3) is 0 Å². The Kier molecular flexibility index (Phi) is 4.12. The first-order valence-electron chi connectivity index (χ1n) is 6.35. The molecule has 0 amide bonds. The van der Waals surface area contributed by atoms with Crippen LogP contribution in [-0.4, -0.2) is 11.5 Å². The van der Waals surface area contributed by atoms with Gasteiger partial charge in [0, 0.05) is 24.8 Å². The smallest absolute Gasteiger partial charge is 0.146 e. The zero-order chi connectivity index (χ0) is 13.8. The van der Waals surface area contributed by atoms with Gasteiger partial charge < -0.3 is 10.6 Å². The second-order valence-corrected chi connectivity index (χ2v) is 4.33. The van der Waals surface area contributed by atoms with Crippen LogP contribution in [0.3, 0.4) is 0 Å². The van der Waals surface area contributed by atoms with Crippen LogP contribution in [0.1, 0.15) is 18.1 Å². The molecule has 100 valence electrons. The first kappa shape index (κ1) is 13.5. The van der Waals surface area contributed by atoms with E-state index in [0.29, 0.717) is 18.8 Å². The molecule has 0 fully saturated rings. The number of para-hydroxylation sites is 1. The van der Waals surface area contributed by atoms with Gasteiger partial charge in [-0.2, -0.15) is 0 Å². The number of nitrogens with two attached hydrogens (primary N) is 1. The van der Waals surface area contributed by atoms with E-state index in [-0.39, 0.29) is 5.82 Å². The van der Waals surface area contributed by atoms with E-state index in [9.17, 15) is 4.39 Å². The van der Waals surface area contributed by atoms with Gasteiger partial charge in [0.15, 0.2) is 0 Å². The van der Waals surface area contributed by atoms with E-state index in [1.54, 1.807) is 18.3 Å². The van der Waals surface area contributed by atoms with E-state index in [1.807, 2.05) is 30.9 Å². The lowest BCUT2D eigenvalue weighted by Gasteiger charge is -2.25. The molecule has 2 rings (SSSR count). The van der Waals surface area contributed by atoms with Gasteiger partial charge in [0.25, 0.3) is 0 Å². The van der Waals surface area contributed by atoms with Crippen molar-refractivity contribution in [2.24, 2.45) is 5.73 Å². The fourth-order valence-electron chi connectivity index (χ4n) is 2.16. The van der Waals surface area contributed by atoms with Gasteiger partial charge in [0.05, 0.1) is 5.69 Å². The molecule has 1 aromatic carbocycles. The monoisotopic (exact) mass is 259 g/mol. The summed E-state index contributed by atoms with van der Waals surface area (Å²) in [5, 5.41) is 0. The van der Waals surface area contributed by atoms with Gasteiger partial charge in [-0.05, 0) is 37.6 Å². The van der Waals surface area contributed by atoms with Crippen LogP contribution >= 0.6 is 0 Å². The number of pyridine rings is 1. The number of benzene rings is 1. The highest BCUT2D eigenvalue weighted by Crippen LogP contribution is 2.29. The molecule has 0 spiro atoms. The topological polar surface area (TPSA) is 42.2 Å². The van der Waals surface area contributed by atoms with Crippen molar-refractivity contribution >= 4 is 11.5 Å². The van der Waals surface area contributed by atoms with Crippen molar-refractivity contribution < 1.29 is 4.39 Å². The molecular formula is C15H18FN3. The minimum absolute atomic E-state index is 0.254.